The Morgan fingerprint density at radius 3 is 2.33 bits per heavy atom. The molecule has 0 unspecified atom stereocenters. The predicted octanol–water partition coefficient (Wildman–Crippen LogP) is 3.04. The maximum Gasteiger partial charge on any atom is 0.253 e. The zero-order valence-electron chi connectivity index (χ0n) is 18.5. The summed E-state index contributed by atoms with van der Waals surface area (Å²) in [6, 6.07) is 0.332. The Hall–Kier alpha value is -1.85. The third-order valence-corrected chi connectivity index (χ3v) is 8.13. The Bertz CT molecular complexity index is 814. The van der Waals surface area contributed by atoms with Crippen LogP contribution in [0.15, 0.2) is 9.59 Å². The van der Waals surface area contributed by atoms with Gasteiger partial charge in [-0.1, -0.05) is 26.7 Å². The van der Waals surface area contributed by atoms with E-state index in [0.717, 1.165) is 64.6 Å². The van der Waals surface area contributed by atoms with Gasteiger partial charge in [-0.15, -0.1) is 0 Å². The van der Waals surface area contributed by atoms with Gasteiger partial charge < -0.3 is 15.5 Å². The van der Waals surface area contributed by atoms with Crippen molar-refractivity contribution in [1.29, 1.82) is 0 Å². The van der Waals surface area contributed by atoms with Crippen molar-refractivity contribution >= 4 is 17.3 Å². The lowest BCUT2D eigenvalue weighted by Crippen LogP contribution is -2.46. The van der Waals surface area contributed by atoms with Crippen LogP contribution in [0.2, 0.25) is 0 Å². The topological polar surface area (TPSA) is 78.5 Å². The number of hydrogen-bond acceptors (Lipinski definition) is 5. The van der Waals surface area contributed by atoms with Gasteiger partial charge in [0.05, 0.1) is 0 Å². The summed E-state index contributed by atoms with van der Waals surface area (Å²) in [5.41, 5.74) is 0.454. The van der Waals surface area contributed by atoms with Crippen molar-refractivity contribution in [2.75, 3.05) is 29.9 Å². The molecule has 4 rings (SSSR count). The van der Waals surface area contributed by atoms with E-state index in [1.807, 2.05) is 0 Å². The summed E-state index contributed by atoms with van der Waals surface area (Å²) in [5.74, 6) is 2.07. The van der Waals surface area contributed by atoms with Crippen LogP contribution in [0, 0.1) is 23.7 Å². The van der Waals surface area contributed by atoms with Crippen LogP contribution in [0.1, 0.15) is 71.6 Å². The predicted molar refractivity (Wildman–Crippen MR) is 121 cm³/mol. The first kappa shape index (κ1) is 21.4. The average molecular weight is 416 g/mol. The van der Waals surface area contributed by atoms with Gasteiger partial charge in [0.15, 0.2) is 0 Å². The fraction of sp³-hybridized carbons (Fsp3) is 0.792. The minimum atomic E-state index is -0.360. The minimum Gasteiger partial charge on any atom is -0.380 e. The molecule has 1 aromatic carbocycles. The highest BCUT2D eigenvalue weighted by Gasteiger charge is 2.33. The minimum absolute atomic E-state index is 0.122. The van der Waals surface area contributed by atoms with Gasteiger partial charge >= 0.3 is 0 Å². The highest BCUT2D eigenvalue weighted by Crippen LogP contribution is 2.33. The second-order valence-electron chi connectivity index (χ2n) is 10.1. The lowest BCUT2D eigenvalue weighted by Gasteiger charge is -2.36. The quantitative estimate of drug-likeness (QED) is 0.698. The third kappa shape index (κ3) is 4.28. The molecule has 3 fully saturated rings. The van der Waals surface area contributed by atoms with E-state index < -0.39 is 0 Å². The molecule has 6 nitrogen and oxygen atoms in total. The van der Waals surface area contributed by atoms with Crippen LogP contribution in [-0.4, -0.2) is 31.6 Å². The van der Waals surface area contributed by atoms with E-state index in [4.69, 9.17) is 0 Å². The van der Waals surface area contributed by atoms with Gasteiger partial charge in [0.2, 0.25) is 5.91 Å². The lowest BCUT2D eigenvalue weighted by atomic mass is 9.77. The highest BCUT2D eigenvalue weighted by atomic mass is 16.2. The highest BCUT2D eigenvalue weighted by molar-refractivity contribution is 5.79. The average Bonchev–Trinajstić information content (AvgIpc) is 3.27. The Labute approximate surface area is 179 Å². The summed E-state index contributed by atoms with van der Waals surface area (Å²) in [5, 5.41) is 6.63. The van der Waals surface area contributed by atoms with Gasteiger partial charge in [0, 0.05) is 31.6 Å². The number of hydrogen-bond donors (Lipinski definition) is 2. The maximum absolute atomic E-state index is 12.8. The standard InChI is InChI=1S/C24H37N3O3/c1-15-6-5-7-19(16(15)2)26-24(30)18-10-8-17(9-11-18)14-25-20-21(23(29)22(20)28)27-12-3-4-13-27/h15-19,25H,3-14H2,1-2H3,(H,26,30)/t15-,16-,17?,18?,19+/m1/s1. The summed E-state index contributed by atoms with van der Waals surface area (Å²) in [7, 11) is 0. The number of carbonyl (C=O) groups excluding carboxylic acids is 1. The van der Waals surface area contributed by atoms with Crippen LogP contribution < -0.4 is 26.4 Å². The largest absolute Gasteiger partial charge is 0.380 e. The SMILES string of the molecule is C[C@@H]1[C@H](C)CCC[C@@H]1NC(=O)C1CCC(CNc2c(N3CCCC3)c(=O)c2=O)CC1. The van der Waals surface area contributed by atoms with Crippen LogP contribution in [0.25, 0.3) is 0 Å². The van der Waals surface area contributed by atoms with Crippen molar-refractivity contribution < 1.29 is 4.79 Å². The smallest absolute Gasteiger partial charge is 0.253 e. The first-order valence-electron chi connectivity index (χ1n) is 12.1. The van der Waals surface area contributed by atoms with E-state index in [9.17, 15) is 14.4 Å². The van der Waals surface area contributed by atoms with Gasteiger partial charge in [0.25, 0.3) is 10.9 Å². The zero-order valence-corrected chi connectivity index (χ0v) is 18.5. The van der Waals surface area contributed by atoms with Crippen molar-refractivity contribution in [1.82, 2.24) is 5.32 Å². The van der Waals surface area contributed by atoms with E-state index in [0.29, 0.717) is 35.2 Å². The first-order valence-corrected chi connectivity index (χ1v) is 12.1. The van der Waals surface area contributed by atoms with Crippen LogP contribution in [0.3, 0.4) is 0 Å². The number of nitrogens with zero attached hydrogens (tertiary/aromatic N) is 1. The van der Waals surface area contributed by atoms with Crippen molar-refractivity contribution in [3.63, 3.8) is 0 Å². The normalized spacial score (nSPS) is 32.3. The maximum atomic E-state index is 12.8. The number of nitrogens with one attached hydrogen (secondary N) is 2. The second kappa shape index (κ2) is 9.11. The van der Waals surface area contributed by atoms with Crippen LogP contribution >= 0.6 is 0 Å². The van der Waals surface area contributed by atoms with E-state index in [2.05, 4.69) is 29.4 Å². The molecule has 1 aromatic rings. The molecule has 2 saturated carbocycles. The van der Waals surface area contributed by atoms with Crippen LogP contribution in [0.5, 0.6) is 0 Å². The molecular weight excluding hydrogens is 378 g/mol. The van der Waals surface area contributed by atoms with Crippen LogP contribution in [0.4, 0.5) is 11.4 Å². The summed E-state index contributed by atoms with van der Waals surface area (Å²) in [4.78, 5) is 38.9. The number of anilines is 2. The van der Waals surface area contributed by atoms with Gasteiger partial charge in [-0.3, -0.25) is 14.4 Å². The zero-order chi connectivity index (χ0) is 21.3. The Morgan fingerprint density at radius 2 is 1.63 bits per heavy atom. The molecule has 0 aromatic heterocycles. The molecule has 2 aliphatic carbocycles. The van der Waals surface area contributed by atoms with Crippen molar-refractivity contribution in [3.8, 4) is 0 Å². The molecule has 0 bridgehead atoms. The van der Waals surface area contributed by atoms with E-state index >= 15 is 0 Å². The first-order chi connectivity index (χ1) is 14.5. The Kier molecular flexibility index (Phi) is 6.49. The van der Waals surface area contributed by atoms with Gasteiger partial charge in [-0.05, 0) is 62.7 Å². The van der Waals surface area contributed by atoms with Gasteiger partial charge in [-0.2, -0.15) is 0 Å². The summed E-state index contributed by atoms with van der Waals surface area (Å²) >= 11 is 0. The monoisotopic (exact) mass is 415 g/mol. The number of amides is 1. The van der Waals surface area contributed by atoms with Gasteiger partial charge in [-0.25, -0.2) is 0 Å². The molecule has 0 radical (unpaired) electrons. The summed E-state index contributed by atoms with van der Waals surface area (Å²) in [6.07, 6.45) is 9.59. The Morgan fingerprint density at radius 1 is 0.933 bits per heavy atom. The Balaban J connectivity index is 1.24. The molecule has 0 spiro atoms. The number of carbonyl (C=O) groups is 1. The van der Waals surface area contributed by atoms with E-state index in [1.54, 1.807) is 0 Å². The number of rotatable bonds is 6. The molecule has 1 heterocycles. The molecule has 1 aliphatic heterocycles. The molecular formula is C24H37N3O3. The summed E-state index contributed by atoms with van der Waals surface area (Å²) in [6.45, 7) is 7.04. The van der Waals surface area contributed by atoms with Crippen LogP contribution in [-0.2, 0) is 4.79 Å². The molecule has 1 saturated heterocycles. The lowest BCUT2D eigenvalue weighted by molar-refractivity contribution is -0.127. The van der Waals surface area contributed by atoms with Crippen molar-refractivity contribution in [3.05, 3.63) is 20.4 Å². The van der Waals surface area contributed by atoms with E-state index in [1.165, 1.54) is 12.8 Å². The second-order valence-corrected chi connectivity index (χ2v) is 10.1. The molecule has 3 atom stereocenters. The fourth-order valence-corrected chi connectivity index (χ4v) is 5.75. The molecule has 3 aliphatic rings. The molecule has 2 N–H and O–H groups in total. The summed E-state index contributed by atoms with van der Waals surface area (Å²) < 4.78 is 0. The van der Waals surface area contributed by atoms with Crippen molar-refractivity contribution in [2.45, 2.75) is 77.7 Å². The molecule has 30 heavy (non-hydrogen) atoms. The molecule has 1 amide bonds. The molecule has 166 valence electrons. The molecule has 6 heteroatoms. The van der Waals surface area contributed by atoms with Gasteiger partial charge in [0.1, 0.15) is 11.4 Å². The van der Waals surface area contributed by atoms with E-state index in [-0.39, 0.29) is 22.7 Å². The van der Waals surface area contributed by atoms with Crippen molar-refractivity contribution in [2.24, 2.45) is 23.7 Å². The fourth-order valence-electron chi connectivity index (χ4n) is 5.75. The third-order valence-electron chi connectivity index (χ3n) is 8.13.